The summed E-state index contributed by atoms with van der Waals surface area (Å²) in [6.07, 6.45) is 3.63. The Balaban J connectivity index is 1.75. The molecule has 1 aromatic heterocycles. The van der Waals surface area contributed by atoms with Crippen LogP contribution in [0, 0.1) is 5.41 Å². The van der Waals surface area contributed by atoms with Gasteiger partial charge in [-0.3, -0.25) is 0 Å². The van der Waals surface area contributed by atoms with Crippen molar-refractivity contribution in [2.45, 2.75) is 20.4 Å². The Morgan fingerprint density at radius 3 is 2.65 bits per heavy atom. The highest BCUT2D eigenvalue weighted by Gasteiger charge is 2.19. The van der Waals surface area contributed by atoms with E-state index >= 15 is 0 Å². The fourth-order valence-electron chi connectivity index (χ4n) is 1.94. The molecule has 0 bridgehead atoms. The molecule has 108 valence electrons. The summed E-state index contributed by atoms with van der Waals surface area (Å²) in [4.78, 5) is 4.17. The smallest absolute Gasteiger partial charge is 0.295 e. The van der Waals surface area contributed by atoms with Crippen molar-refractivity contribution in [3.05, 3.63) is 48.3 Å². The minimum absolute atomic E-state index is 0.0563. The quantitative estimate of drug-likeness (QED) is 0.843. The normalized spacial score (nSPS) is 11.6. The Kier molecular flexibility index (Phi) is 4.79. The Hall–Kier alpha value is -1.81. The van der Waals surface area contributed by atoms with E-state index in [1.165, 1.54) is 5.56 Å². The number of rotatable bonds is 7. The molecule has 4 nitrogen and oxygen atoms in total. The first-order valence-corrected chi connectivity index (χ1v) is 6.92. The van der Waals surface area contributed by atoms with Crippen molar-refractivity contribution in [2.75, 3.05) is 13.2 Å². The summed E-state index contributed by atoms with van der Waals surface area (Å²) in [5.74, 6) is 0. The fourth-order valence-corrected chi connectivity index (χ4v) is 1.94. The second kappa shape index (κ2) is 6.57. The van der Waals surface area contributed by atoms with Gasteiger partial charge in [0.1, 0.15) is 0 Å². The Morgan fingerprint density at radius 1 is 1.25 bits per heavy atom. The first-order chi connectivity index (χ1) is 9.57. The first-order valence-electron chi connectivity index (χ1n) is 6.92. The van der Waals surface area contributed by atoms with Gasteiger partial charge in [0.25, 0.3) is 6.01 Å². The molecule has 0 radical (unpaired) electrons. The second-order valence-corrected chi connectivity index (χ2v) is 5.86. The molecule has 0 spiro atoms. The van der Waals surface area contributed by atoms with Crippen LogP contribution in [0.1, 0.15) is 19.4 Å². The average Bonchev–Trinajstić information content (AvgIpc) is 2.83. The summed E-state index contributed by atoms with van der Waals surface area (Å²) in [5, 5.41) is 3.48. The predicted molar refractivity (Wildman–Crippen MR) is 80.6 cm³/mol. The van der Waals surface area contributed by atoms with Crippen molar-refractivity contribution in [3.63, 3.8) is 0 Å². The molecule has 4 heteroatoms. The molecule has 0 unspecified atom stereocenters. The van der Waals surface area contributed by atoms with Gasteiger partial charge in [0.15, 0.2) is 0 Å². The Labute approximate surface area is 120 Å². The summed E-state index contributed by atoms with van der Waals surface area (Å²) < 4.78 is 7.64. The standard InChI is InChI=1S/C16H23N3O/c1-16(2,13-20-15-18-9-10-19(15)3)12-17-11-14-7-5-4-6-8-14/h4-10,17H,11-13H2,1-3H3. The lowest BCUT2D eigenvalue weighted by Gasteiger charge is -2.24. The summed E-state index contributed by atoms with van der Waals surface area (Å²) in [6.45, 7) is 6.79. The maximum atomic E-state index is 5.76. The van der Waals surface area contributed by atoms with Crippen molar-refractivity contribution in [2.24, 2.45) is 12.5 Å². The van der Waals surface area contributed by atoms with Gasteiger partial charge in [-0.2, -0.15) is 0 Å². The highest BCUT2D eigenvalue weighted by atomic mass is 16.5. The van der Waals surface area contributed by atoms with Crippen LogP contribution in [0.5, 0.6) is 6.01 Å². The average molecular weight is 273 g/mol. The molecule has 0 amide bonds. The third-order valence-corrected chi connectivity index (χ3v) is 3.14. The van der Waals surface area contributed by atoms with E-state index in [9.17, 15) is 0 Å². The molecule has 1 N–H and O–H groups in total. The minimum Gasteiger partial charge on any atom is -0.464 e. The maximum Gasteiger partial charge on any atom is 0.295 e. The summed E-state index contributed by atoms with van der Waals surface area (Å²) in [6, 6.07) is 11.1. The Bertz CT molecular complexity index is 520. The SMILES string of the molecule is Cn1ccnc1OCC(C)(C)CNCc1ccccc1. The number of benzene rings is 1. The molecule has 2 aromatic rings. The van der Waals surface area contributed by atoms with Crippen LogP contribution in [0.4, 0.5) is 0 Å². The van der Waals surface area contributed by atoms with Gasteiger partial charge in [0.2, 0.25) is 0 Å². The summed E-state index contributed by atoms with van der Waals surface area (Å²) >= 11 is 0. The van der Waals surface area contributed by atoms with Crippen LogP contribution in [0.2, 0.25) is 0 Å². The van der Waals surface area contributed by atoms with Crippen LogP contribution in [0.25, 0.3) is 0 Å². The highest BCUT2D eigenvalue weighted by molar-refractivity contribution is 5.14. The van der Waals surface area contributed by atoms with Crippen molar-refractivity contribution >= 4 is 0 Å². The van der Waals surface area contributed by atoms with Crippen molar-refractivity contribution in [1.82, 2.24) is 14.9 Å². The van der Waals surface area contributed by atoms with Crippen LogP contribution in [0.3, 0.4) is 0 Å². The van der Waals surface area contributed by atoms with Gasteiger partial charge in [0.05, 0.1) is 6.61 Å². The molecule has 1 heterocycles. The van der Waals surface area contributed by atoms with Gasteiger partial charge < -0.3 is 14.6 Å². The second-order valence-electron chi connectivity index (χ2n) is 5.86. The number of hydrogen-bond acceptors (Lipinski definition) is 3. The fraction of sp³-hybridized carbons (Fsp3) is 0.438. The number of hydrogen-bond donors (Lipinski definition) is 1. The minimum atomic E-state index is 0.0563. The van der Waals surface area contributed by atoms with E-state index in [0.29, 0.717) is 12.6 Å². The molecule has 0 aliphatic carbocycles. The van der Waals surface area contributed by atoms with Crippen LogP contribution in [-0.4, -0.2) is 22.7 Å². The lowest BCUT2D eigenvalue weighted by atomic mass is 9.95. The van der Waals surface area contributed by atoms with Crippen LogP contribution in [0.15, 0.2) is 42.7 Å². The molecule has 0 aliphatic heterocycles. The van der Waals surface area contributed by atoms with E-state index in [0.717, 1.165) is 13.1 Å². The zero-order chi connectivity index (χ0) is 14.4. The number of aromatic nitrogens is 2. The lowest BCUT2D eigenvalue weighted by Crippen LogP contribution is -2.34. The van der Waals surface area contributed by atoms with E-state index in [4.69, 9.17) is 4.74 Å². The van der Waals surface area contributed by atoms with Crippen LogP contribution < -0.4 is 10.1 Å². The summed E-state index contributed by atoms with van der Waals surface area (Å²) in [5.41, 5.74) is 1.36. The zero-order valence-electron chi connectivity index (χ0n) is 12.5. The van der Waals surface area contributed by atoms with Gasteiger partial charge in [-0.1, -0.05) is 44.2 Å². The van der Waals surface area contributed by atoms with Crippen LogP contribution in [-0.2, 0) is 13.6 Å². The van der Waals surface area contributed by atoms with Gasteiger partial charge >= 0.3 is 0 Å². The van der Waals surface area contributed by atoms with Gasteiger partial charge in [0, 0.05) is 37.9 Å². The van der Waals surface area contributed by atoms with E-state index in [2.05, 4.69) is 48.4 Å². The number of nitrogens with one attached hydrogen (secondary N) is 1. The molecule has 2 rings (SSSR count). The number of imidazole rings is 1. The molecule has 0 saturated heterocycles. The molecule has 0 aliphatic rings. The third-order valence-electron chi connectivity index (χ3n) is 3.14. The van der Waals surface area contributed by atoms with Gasteiger partial charge in [-0.05, 0) is 5.56 Å². The largest absolute Gasteiger partial charge is 0.464 e. The Morgan fingerprint density at radius 2 is 2.00 bits per heavy atom. The highest BCUT2D eigenvalue weighted by Crippen LogP contribution is 2.16. The van der Waals surface area contributed by atoms with E-state index < -0.39 is 0 Å². The number of aryl methyl sites for hydroxylation is 1. The molecule has 1 aromatic carbocycles. The molecule has 20 heavy (non-hydrogen) atoms. The number of nitrogens with zero attached hydrogens (tertiary/aromatic N) is 2. The third kappa shape index (κ3) is 4.38. The number of ether oxygens (including phenoxy) is 1. The van der Waals surface area contributed by atoms with Crippen molar-refractivity contribution < 1.29 is 4.74 Å². The van der Waals surface area contributed by atoms with E-state index in [-0.39, 0.29) is 5.41 Å². The van der Waals surface area contributed by atoms with Crippen molar-refractivity contribution in [3.8, 4) is 6.01 Å². The molecular formula is C16H23N3O. The van der Waals surface area contributed by atoms with Crippen molar-refractivity contribution in [1.29, 1.82) is 0 Å². The maximum absolute atomic E-state index is 5.76. The van der Waals surface area contributed by atoms with Gasteiger partial charge in [-0.25, -0.2) is 4.98 Å². The summed E-state index contributed by atoms with van der Waals surface area (Å²) in [7, 11) is 1.93. The monoisotopic (exact) mass is 273 g/mol. The zero-order valence-corrected chi connectivity index (χ0v) is 12.5. The van der Waals surface area contributed by atoms with E-state index in [1.807, 2.05) is 23.9 Å². The predicted octanol–water partition coefficient (Wildman–Crippen LogP) is 2.61. The molecular weight excluding hydrogens is 250 g/mol. The first kappa shape index (κ1) is 14.6. The molecule has 0 atom stereocenters. The van der Waals surface area contributed by atoms with Crippen LogP contribution >= 0.6 is 0 Å². The molecule has 0 saturated carbocycles. The topological polar surface area (TPSA) is 39.1 Å². The van der Waals surface area contributed by atoms with Gasteiger partial charge in [-0.15, -0.1) is 0 Å². The lowest BCUT2D eigenvalue weighted by molar-refractivity contribution is 0.161. The molecule has 0 fully saturated rings. The van der Waals surface area contributed by atoms with E-state index in [1.54, 1.807) is 6.20 Å².